The van der Waals surface area contributed by atoms with Crippen LogP contribution in [0, 0.1) is 0 Å². The minimum atomic E-state index is -3.35. The van der Waals surface area contributed by atoms with Crippen LogP contribution in [0.5, 0.6) is 21.6 Å². The van der Waals surface area contributed by atoms with Gasteiger partial charge in [-0.05, 0) is 130 Å². The van der Waals surface area contributed by atoms with E-state index >= 15 is 0 Å². The zero-order valence-electron chi connectivity index (χ0n) is 42.1. The Morgan fingerprint density at radius 2 is 1.01 bits per heavy atom. The van der Waals surface area contributed by atoms with Crippen LogP contribution in [0.2, 0.25) is 0 Å². The number of carbonyl (C=O) groups excluding carboxylic acids is 3. The summed E-state index contributed by atoms with van der Waals surface area (Å²) < 4.78 is 90.2. The number of benzene rings is 4. The Balaban J connectivity index is 0.000000190. The van der Waals surface area contributed by atoms with Crippen molar-refractivity contribution in [3.8, 4) is 21.6 Å². The van der Waals surface area contributed by atoms with Crippen molar-refractivity contribution in [1.82, 2.24) is 9.97 Å². The van der Waals surface area contributed by atoms with Gasteiger partial charge in [-0.15, -0.1) is 0 Å². The Morgan fingerprint density at radius 3 is 1.41 bits per heavy atom. The summed E-state index contributed by atoms with van der Waals surface area (Å²) in [6.45, 7) is 4.16. The molecule has 4 aliphatic rings. The van der Waals surface area contributed by atoms with E-state index in [-0.39, 0.29) is 49.8 Å². The Bertz CT molecular complexity index is 3290. The van der Waals surface area contributed by atoms with E-state index in [0.717, 1.165) is 22.7 Å². The first-order valence-corrected chi connectivity index (χ1v) is 30.0. The van der Waals surface area contributed by atoms with Crippen molar-refractivity contribution in [3.05, 3.63) is 132 Å². The largest absolute Gasteiger partial charge is 0.478 e. The van der Waals surface area contributed by atoms with Crippen molar-refractivity contribution < 1.29 is 74.3 Å². The van der Waals surface area contributed by atoms with E-state index in [1.807, 2.05) is 0 Å². The predicted octanol–water partition coefficient (Wildman–Crippen LogP) is 9.37. The smallest absolute Gasteiger partial charge is 0.338 e. The maximum absolute atomic E-state index is 13.4. The number of sulfone groups is 2. The van der Waals surface area contributed by atoms with E-state index in [2.05, 4.69) is 20.6 Å². The monoisotopic (exact) mass is 1140 g/mol. The van der Waals surface area contributed by atoms with Gasteiger partial charge in [-0.1, -0.05) is 59.1 Å². The Hall–Kier alpha value is -6.64. The number of nitrogens with one attached hydrogen (secondary N) is 2. The summed E-state index contributed by atoms with van der Waals surface area (Å²) in [6.07, 6.45) is 5.86. The van der Waals surface area contributed by atoms with Crippen LogP contribution >= 0.6 is 22.7 Å². The summed E-state index contributed by atoms with van der Waals surface area (Å²) in [7, 11) is -6.69. The molecule has 2 amide bonds. The zero-order chi connectivity index (χ0) is 54.8. The molecule has 20 nitrogen and oxygen atoms in total. The summed E-state index contributed by atoms with van der Waals surface area (Å²) >= 11 is 2.20. The Morgan fingerprint density at radius 1 is 0.603 bits per heavy atom. The number of carboxylic acid groups (broad SMARTS) is 1. The molecule has 78 heavy (non-hydrogen) atoms. The van der Waals surface area contributed by atoms with Crippen LogP contribution in [0.1, 0.15) is 102 Å². The molecule has 2 atom stereocenters. The third-order valence-corrected chi connectivity index (χ3v) is 18.8. The van der Waals surface area contributed by atoms with Gasteiger partial charge < -0.3 is 38.3 Å². The number of ether oxygens (including phenoxy) is 7. The van der Waals surface area contributed by atoms with Crippen LogP contribution in [0.15, 0.2) is 119 Å². The van der Waals surface area contributed by atoms with Crippen LogP contribution in [0.25, 0.3) is 0 Å². The third-order valence-electron chi connectivity index (χ3n) is 12.7. The second-order valence-corrected chi connectivity index (χ2v) is 25.0. The highest BCUT2D eigenvalue weighted by Gasteiger charge is 2.38. The summed E-state index contributed by atoms with van der Waals surface area (Å²) in [5, 5.41) is 15.4. The Labute approximate surface area is 458 Å². The predicted molar refractivity (Wildman–Crippen MR) is 286 cm³/mol. The van der Waals surface area contributed by atoms with Gasteiger partial charge in [0.25, 0.3) is 11.8 Å². The van der Waals surface area contributed by atoms with Crippen molar-refractivity contribution in [2.24, 2.45) is 0 Å². The number of amides is 2. The van der Waals surface area contributed by atoms with Gasteiger partial charge in [0.05, 0.1) is 62.6 Å². The molecule has 2 aliphatic heterocycles. The molecular weight excluding hydrogens is 1090 g/mol. The molecule has 24 heteroatoms. The minimum absolute atomic E-state index is 0.0876. The molecule has 2 saturated carbocycles. The van der Waals surface area contributed by atoms with Crippen LogP contribution in [0.4, 0.5) is 10.3 Å². The van der Waals surface area contributed by atoms with E-state index in [9.17, 15) is 36.0 Å². The standard InChI is InChI=1S/C28H30N2O8S2.C26H26N2O8S2/c1-2-36-27(32)19-4-3-5-21(16-19)37-24-17-29-28(39-24)30-26(31)25(38-20-12-14-35-15-13-20)18-6-8-22(9-7-18)40(33,34)23-10-11-23;29-24(28-26-27-15-22(37-26)35-19-3-1-2-17(14-19)25(30)31)23(36-18-10-12-34-13-11-18)16-4-6-20(7-5-16)38(32,33)21-8-9-21/h3-9,16-17,20,23,25H,2,10-15H2,1H3,(H,29,30,31);1-7,14-15,18,21,23H,8-13H2,(H,30,31)(H,27,28,29). The molecule has 2 saturated heterocycles. The lowest BCUT2D eigenvalue weighted by molar-refractivity contribution is -0.136. The molecule has 4 fully saturated rings. The van der Waals surface area contributed by atoms with Gasteiger partial charge in [-0.3, -0.25) is 20.2 Å². The molecule has 412 valence electrons. The number of carbonyl (C=O) groups is 4. The van der Waals surface area contributed by atoms with Crippen LogP contribution in [0.3, 0.4) is 0 Å². The van der Waals surface area contributed by atoms with Gasteiger partial charge in [0.15, 0.2) is 42.1 Å². The highest BCUT2D eigenvalue weighted by Crippen LogP contribution is 2.38. The van der Waals surface area contributed by atoms with Gasteiger partial charge in [-0.2, -0.15) is 0 Å². The van der Waals surface area contributed by atoms with Crippen LogP contribution in [-0.4, -0.2) is 111 Å². The molecule has 2 aliphatic carbocycles. The van der Waals surface area contributed by atoms with E-state index in [1.165, 1.54) is 48.8 Å². The number of carboxylic acids is 1. The Kier molecular flexibility index (Phi) is 18.3. The van der Waals surface area contributed by atoms with E-state index in [1.54, 1.807) is 67.6 Å². The van der Waals surface area contributed by atoms with Crippen LogP contribution in [-0.2, 0) is 52.9 Å². The van der Waals surface area contributed by atoms with E-state index < -0.39 is 55.6 Å². The molecule has 2 aromatic heterocycles. The average molecular weight is 1150 g/mol. The molecule has 6 aromatic rings. The molecule has 3 N–H and O–H groups in total. The van der Waals surface area contributed by atoms with Crippen molar-refractivity contribution in [2.75, 3.05) is 43.7 Å². The van der Waals surface area contributed by atoms with Gasteiger partial charge in [0, 0.05) is 26.4 Å². The lowest BCUT2D eigenvalue weighted by atomic mass is 10.1. The van der Waals surface area contributed by atoms with Crippen molar-refractivity contribution >= 4 is 76.4 Å². The number of esters is 1. The number of aromatic nitrogens is 2. The molecule has 0 spiro atoms. The summed E-state index contributed by atoms with van der Waals surface area (Å²) in [5.41, 5.74) is 1.52. The summed E-state index contributed by atoms with van der Waals surface area (Å²) in [6, 6.07) is 25.3. The van der Waals surface area contributed by atoms with Gasteiger partial charge in [0.1, 0.15) is 11.5 Å². The number of anilines is 2. The maximum atomic E-state index is 13.4. The topological polar surface area (TPSA) is 271 Å². The van der Waals surface area contributed by atoms with E-state index in [0.29, 0.717) is 121 Å². The highest BCUT2D eigenvalue weighted by molar-refractivity contribution is 7.92. The SMILES string of the molecule is CCOC(=O)c1cccc(Oc2cnc(NC(=O)C(OC3CCOCC3)c3ccc(S(=O)(=O)C4CC4)cc3)s2)c1.O=C(O)c1cccc(Oc2cnc(NC(=O)C(OC3CCOCC3)c3ccc(S(=O)(=O)C4CC4)cc3)s2)c1. The fourth-order valence-electron chi connectivity index (χ4n) is 8.30. The third kappa shape index (κ3) is 14.7. The number of rotatable bonds is 21. The fraction of sp³-hybridized carbons (Fsp3) is 0.370. The molecular formula is C54H56N4O16S4. The second-order valence-electron chi connectivity index (χ2n) is 18.5. The molecule has 0 radical (unpaired) electrons. The number of aromatic carboxylic acids is 1. The van der Waals surface area contributed by atoms with Gasteiger partial charge >= 0.3 is 11.9 Å². The maximum Gasteiger partial charge on any atom is 0.338 e. The average Bonchev–Trinajstić information content (AvgIpc) is 4.40. The fourth-order valence-corrected chi connectivity index (χ4v) is 13.0. The van der Waals surface area contributed by atoms with Crippen LogP contribution < -0.4 is 20.1 Å². The molecule has 4 heterocycles. The van der Waals surface area contributed by atoms with Gasteiger partial charge in [0.2, 0.25) is 10.1 Å². The highest BCUT2D eigenvalue weighted by atomic mass is 32.2. The van der Waals surface area contributed by atoms with Crippen molar-refractivity contribution in [3.63, 3.8) is 0 Å². The first-order chi connectivity index (χ1) is 37.6. The zero-order valence-corrected chi connectivity index (χ0v) is 45.4. The number of hydrogen-bond donors (Lipinski definition) is 3. The first-order valence-electron chi connectivity index (χ1n) is 25.3. The van der Waals surface area contributed by atoms with Crippen molar-refractivity contribution in [1.29, 1.82) is 0 Å². The quantitative estimate of drug-likeness (QED) is 0.0566. The lowest BCUT2D eigenvalue weighted by Crippen LogP contribution is -2.31. The first kappa shape index (κ1) is 56.1. The normalized spacial score (nSPS) is 16.9. The number of nitrogens with zero attached hydrogens (tertiary/aromatic N) is 2. The lowest BCUT2D eigenvalue weighted by Gasteiger charge is -2.27. The van der Waals surface area contributed by atoms with Gasteiger partial charge in [-0.25, -0.2) is 36.4 Å². The molecule has 0 bridgehead atoms. The van der Waals surface area contributed by atoms with E-state index in [4.69, 9.17) is 38.3 Å². The molecule has 4 aromatic carbocycles. The second kappa shape index (κ2) is 25.4. The summed E-state index contributed by atoms with van der Waals surface area (Å²) in [4.78, 5) is 58.9. The molecule has 10 rings (SSSR count). The number of thiazole rings is 2. The number of hydrogen-bond acceptors (Lipinski definition) is 19. The van der Waals surface area contributed by atoms with Crippen molar-refractivity contribution in [2.45, 2.75) is 103 Å². The molecule has 2 unspecified atom stereocenters. The summed E-state index contributed by atoms with van der Waals surface area (Å²) in [5.74, 6) is -1.65. The minimum Gasteiger partial charge on any atom is -0.478 e.